The van der Waals surface area contributed by atoms with Crippen molar-refractivity contribution in [2.75, 3.05) is 32.8 Å². The van der Waals surface area contributed by atoms with Crippen LogP contribution in [-0.4, -0.2) is 54.5 Å². The Hall–Kier alpha value is -2.24. The first kappa shape index (κ1) is 21.5. The summed E-state index contributed by atoms with van der Waals surface area (Å²) in [6.45, 7) is 7.70. The minimum Gasteiger partial charge on any atom is -0.486 e. The lowest BCUT2D eigenvalue weighted by atomic mass is 10.0. The van der Waals surface area contributed by atoms with E-state index in [1.807, 2.05) is 28.0 Å². The third kappa shape index (κ3) is 5.43. The van der Waals surface area contributed by atoms with Crippen molar-refractivity contribution >= 4 is 11.8 Å². The molecule has 29 heavy (non-hydrogen) atoms. The van der Waals surface area contributed by atoms with E-state index in [9.17, 15) is 9.59 Å². The van der Waals surface area contributed by atoms with Crippen LogP contribution in [0.5, 0.6) is 11.5 Å². The van der Waals surface area contributed by atoms with Crippen molar-refractivity contribution in [3.63, 3.8) is 0 Å². The molecule has 2 heterocycles. The van der Waals surface area contributed by atoms with Crippen LogP contribution in [0.15, 0.2) is 18.2 Å². The molecule has 1 fully saturated rings. The average molecular weight is 403 g/mol. The second-order valence-corrected chi connectivity index (χ2v) is 7.88. The molecule has 1 aromatic carbocycles. The molecule has 0 bridgehead atoms. The van der Waals surface area contributed by atoms with Gasteiger partial charge in [-0.2, -0.15) is 0 Å². The van der Waals surface area contributed by atoms with Gasteiger partial charge in [-0.3, -0.25) is 9.59 Å². The normalized spacial score (nSPS) is 18.0. The smallest absolute Gasteiger partial charge is 0.223 e. The second-order valence-electron chi connectivity index (χ2n) is 7.88. The van der Waals surface area contributed by atoms with Gasteiger partial charge >= 0.3 is 0 Å². The molecular formula is C23H34N2O4. The first-order valence-corrected chi connectivity index (χ1v) is 11.1. The molecule has 2 amide bonds. The number of ether oxygens (including phenoxy) is 2. The zero-order valence-electron chi connectivity index (χ0n) is 17.8. The first-order valence-electron chi connectivity index (χ1n) is 11.1. The lowest BCUT2D eigenvalue weighted by molar-refractivity contribution is -0.133. The summed E-state index contributed by atoms with van der Waals surface area (Å²) in [6.07, 6.45) is 5.40. The van der Waals surface area contributed by atoms with Crippen LogP contribution < -0.4 is 9.47 Å². The van der Waals surface area contributed by atoms with Crippen LogP contribution in [0.25, 0.3) is 0 Å². The number of fused-ring (bicyclic) bond motifs is 1. The molecular weight excluding hydrogens is 368 g/mol. The SMILES string of the molecule is CCCN(CCC)C(=O)CCCC(=O)N1CCCC1c1ccc2c(c1)OCCO2. The Balaban J connectivity index is 1.54. The Morgan fingerprint density at radius 1 is 1.07 bits per heavy atom. The Labute approximate surface area is 174 Å². The third-order valence-corrected chi connectivity index (χ3v) is 5.65. The summed E-state index contributed by atoms with van der Waals surface area (Å²) in [5.41, 5.74) is 1.10. The van der Waals surface area contributed by atoms with Gasteiger partial charge in [-0.05, 0) is 49.8 Å². The van der Waals surface area contributed by atoms with E-state index in [-0.39, 0.29) is 17.9 Å². The van der Waals surface area contributed by atoms with Gasteiger partial charge in [-0.25, -0.2) is 0 Å². The van der Waals surface area contributed by atoms with Crippen LogP contribution in [0.4, 0.5) is 0 Å². The largest absolute Gasteiger partial charge is 0.486 e. The Bertz CT molecular complexity index is 700. The van der Waals surface area contributed by atoms with Crippen LogP contribution in [0.1, 0.15) is 70.4 Å². The number of carbonyl (C=O) groups is 2. The molecule has 0 aromatic heterocycles. The van der Waals surface area contributed by atoms with Crippen molar-refractivity contribution in [1.29, 1.82) is 0 Å². The highest BCUT2D eigenvalue weighted by molar-refractivity contribution is 5.79. The molecule has 0 N–H and O–H groups in total. The molecule has 0 radical (unpaired) electrons. The van der Waals surface area contributed by atoms with Crippen molar-refractivity contribution in [2.45, 2.75) is 64.8 Å². The third-order valence-electron chi connectivity index (χ3n) is 5.65. The lowest BCUT2D eigenvalue weighted by Crippen LogP contribution is -2.33. The summed E-state index contributed by atoms with van der Waals surface area (Å²) in [4.78, 5) is 29.2. The number of nitrogens with zero attached hydrogens (tertiary/aromatic N) is 2. The summed E-state index contributed by atoms with van der Waals surface area (Å²) < 4.78 is 11.3. The molecule has 2 aliphatic heterocycles. The van der Waals surface area contributed by atoms with Gasteiger partial charge in [0.05, 0.1) is 6.04 Å². The topological polar surface area (TPSA) is 59.1 Å². The molecule has 0 saturated carbocycles. The van der Waals surface area contributed by atoms with Gasteiger partial charge in [-0.15, -0.1) is 0 Å². The summed E-state index contributed by atoms with van der Waals surface area (Å²) in [7, 11) is 0. The van der Waals surface area contributed by atoms with Gasteiger partial charge in [0.25, 0.3) is 0 Å². The van der Waals surface area contributed by atoms with E-state index < -0.39 is 0 Å². The number of hydrogen-bond acceptors (Lipinski definition) is 4. The van der Waals surface area contributed by atoms with Gasteiger partial charge < -0.3 is 19.3 Å². The maximum atomic E-state index is 12.9. The molecule has 3 rings (SSSR count). The quantitative estimate of drug-likeness (QED) is 0.628. The molecule has 1 atom stereocenters. The Kier molecular flexibility index (Phi) is 7.78. The van der Waals surface area contributed by atoms with Crippen LogP contribution in [-0.2, 0) is 9.59 Å². The number of hydrogen-bond donors (Lipinski definition) is 0. The van der Waals surface area contributed by atoms with E-state index in [1.54, 1.807) is 0 Å². The fourth-order valence-corrected chi connectivity index (χ4v) is 4.27. The highest BCUT2D eigenvalue weighted by Gasteiger charge is 2.30. The average Bonchev–Trinajstić information content (AvgIpc) is 3.23. The van der Waals surface area contributed by atoms with Crippen molar-refractivity contribution < 1.29 is 19.1 Å². The first-order chi connectivity index (χ1) is 14.1. The van der Waals surface area contributed by atoms with Gasteiger partial charge in [0.15, 0.2) is 11.5 Å². The molecule has 2 aliphatic rings. The zero-order valence-corrected chi connectivity index (χ0v) is 17.8. The fourth-order valence-electron chi connectivity index (χ4n) is 4.27. The predicted octanol–water partition coefficient (Wildman–Crippen LogP) is 3.94. The maximum Gasteiger partial charge on any atom is 0.223 e. The molecule has 1 aromatic rings. The Morgan fingerprint density at radius 2 is 1.79 bits per heavy atom. The standard InChI is InChI=1S/C23H34N2O4/c1-3-12-24(13-4-2)22(26)8-5-9-23(27)25-14-6-7-19(25)18-10-11-20-21(17-18)29-16-15-28-20/h10-11,17,19H,3-9,12-16H2,1-2H3. The molecule has 1 unspecified atom stereocenters. The summed E-state index contributed by atoms with van der Waals surface area (Å²) in [5.74, 6) is 1.86. The number of likely N-dealkylation sites (tertiary alicyclic amines) is 1. The number of rotatable bonds is 9. The number of carbonyl (C=O) groups excluding carboxylic acids is 2. The summed E-state index contributed by atoms with van der Waals surface area (Å²) in [5, 5.41) is 0. The highest BCUT2D eigenvalue weighted by atomic mass is 16.6. The van der Waals surface area contributed by atoms with Crippen LogP contribution in [0, 0.1) is 0 Å². The van der Waals surface area contributed by atoms with E-state index >= 15 is 0 Å². The van der Waals surface area contributed by atoms with Crippen molar-refractivity contribution in [3.8, 4) is 11.5 Å². The minimum atomic E-state index is 0.0886. The van der Waals surface area contributed by atoms with E-state index in [4.69, 9.17) is 9.47 Å². The van der Waals surface area contributed by atoms with Crippen LogP contribution in [0.2, 0.25) is 0 Å². The molecule has 160 valence electrons. The van der Waals surface area contributed by atoms with Gasteiger partial charge in [0, 0.05) is 32.5 Å². The number of amides is 2. The van der Waals surface area contributed by atoms with E-state index in [0.29, 0.717) is 32.5 Å². The highest BCUT2D eigenvalue weighted by Crippen LogP contribution is 2.38. The molecule has 0 aliphatic carbocycles. The summed E-state index contributed by atoms with van der Waals surface area (Å²) in [6, 6.07) is 6.09. The molecule has 6 heteroatoms. The predicted molar refractivity (Wildman–Crippen MR) is 112 cm³/mol. The number of benzene rings is 1. The maximum absolute atomic E-state index is 12.9. The van der Waals surface area contributed by atoms with Crippen LogP contribution in [0.3, 0.4) is 0 Å². The molecule has 0 spiro atoms. The minimum absolute atomic E-state index is 0.0886. The molecule has 1 saturated heterocycles. The van der Waals surface area contributed by atoms with E-state index in [2.05, 4.69) is 13.8 Å². The lowest BCUT2D eigenvalue weighted by Gasteiger charge is -2.27. The Morgan fingerprint density at radius 3 is 2.52 bits per heavy atom. The second kappa shape index (κ2) is 10.5. The zero-order chi connectivity index (χ0) is 20.6. The van der Waals surface area contributed by atoms with Crippen molar-refractivity contribution in [3.05, 3.63) is 23.8 Å². The van der Waals surface area contributed by atoms with Gasteiger partial charge in [0.1, 0.15) is 13.2 Å². The fraction of sp³-hybridized carbons (Fsp3) is 0.652. The molecule has 6 nitrogen and oxygen atoms in total. The van der Waals surface area contributed by atoms with Crippen LogP contribution >= 0.6 is 0 Å². The van der Waals surface area contributed by atoms with Gasteiger partial charge in [0.2, 0.25) is 11.8 Å². The van der Waals surface area contributed by atoms with Crippen molar-refractivity contribution in [1.82, 2.24) is 9.80 Å². The monoisotopic (exact) mass is 402 g/mol. The summed E-state index contributed by atoms with van der Waals surface area (Å²) >= 11 is 0. The van der Waals surface area contributed by atoms with E-state index in [1.165, 1.54) is 0 Å². The van der Waals surface area contributed by atoms with E-state index in [0.717, 1.165) is 62.4 Å². The van der Waals surface area contributed by atoms with Crippen molar-refractivity contribution in [2.24, 2.45) is 0 Å². The van der Waals surface area contributed by atoms with Gasteiger partial charge in [-0.1, -0.05) is 19.9 Å².